The second kappa shape index (κ2) is 4.25. The lowest BCUT2D eigenvalue weighted by Gasteiger charge is -2.22. The van der Waals surface area contributed by atoms with E-state index in [0.29, 0.717) is 0 Å². The summed E-state index contributed by atoms with van der Waals surface area (Å²) in [7, 11) is 0. The first-order valence-corrected chi connectivity index (χ1v) is 7.02. The Morgan fingerprint density at radius 2 is 2.11 bits per heavy atom. The van der Waals surface area contributed by atoms with Crippen LogP contribution in [0.15, 0.2) is 35.7 Å². The predicted molar refractivity (Wildman–Crippen MR) is 75.5 cm³/mol. The molecule has 1 atom stereocenters. The van der Waals surface area contributed by atoms with E-state index in [4.69, 9.17) is 0 Å². The Balaban J connectivity index is 2.03. The van der Waals surface area contributed by atoms with Gasteiger partial charge in [0.15, 0.2) is 0 Å². The second-order valence-electron chi connectivity index (χ2n) is 4.79. The van der Waals surface area contributed by atoms with Crippen LogP contribution in [-0.4, -0.2) is 11.9 Å². The summed E-state index contributed by atoms with van der Waals surface area (Å²) >= 11 is 1.53. The lowest BCUT2D eigenvalue weighted by Crippen LogP contribution is -2.35. The number of hydrogen-bond donors (Lipinski definition) is 0. The van der Waals surface area contributed by atoms with Crippen molar-refractivity contribution in [2.45, 2.75) is 26.3 Å². The third-order valence-corrected chi connectivity index (χ3v) is 4.49. The minimum absolute atomic E-state index is 0.139. The van der Waals surface area contributed by atoms with Crippen molar-refractivity contribution >= 4 is 22.9 Å². The molecule has 0 bridgehead atoms. The lowest BCUT2D eigenvalue weighted by molar-refractivity contribution is 0.0985. The maximum absolute atomic E-state index is 12.6. The van der Waals surface area contributed by atoms with E-state index in [9.17, 15) is 4.79 Å². The normalized spacial score (nSPS) is 17.9. The van der Waals surface area contributed by atoms with Crippen molar-refractivity contribution in [3.05, 3.63) is 51.7 Å². The molecule has 1 amide bonds. The van der Waals surface area contributed by atoms with Crippen molar-refractivity contribution in [3.63, 3.8) is 0 Å². The largest absolute Gasteiger partial charge is 0.304 e. The van der Waals surface area contributed by atoms with E-state index in [1.165, 1.54) is 16.9 Å². The molecule has 1 unspecified atom stereocenters. The van der Waals surface area contributed by atoms with Gasteiger partial charge >= 0.3 is 0 Å². The molecule has 3 heteroatoms. The Hall–Kier alpha value is -1.61. The molecular formula is C15H15NOS. The number of anilines is 1. The summed E-state index contributed by atoms with van der Waals surface area (Å²) in [5.41, 5.74) is 3.41. The third kappa shape index (κ3) is 1.66. The zero-order chi connectivity index (χ0) is 12.7. The van der Waals surface area contributed by atoms with Gasteiger partial charge in [0.2, 0.25) is 0 Å². The van der Waals surface area contributed by atoms with Gasteiger partial charge in [-0.15, -0.1) is 11.3 Å². The molecule has 3 rings (SSSR count). The standard InChI is InChI=1S/C15H15NOS/c1-10-7-8-18-14(10)15(17)16-11(2)9-12-5-3-4-6-13(12)16/h3-8,11H,9H2,1-2H3. The van der Waals surface area contributed by atoms with Gasteiger partial charge in [-0.1, -0.05) is 18.2 Å². The summed E-state index contributed by atoms with van der Waals surface area (Å²) in [5, 5.41) is 1.98. The highest BCUT2D eigenvalue weighted by molar-refractivity contribution is 7.12. The molecule has 1 aliphatic rings. The van der Waals surface area contributed by atoms with Gasteiger partial charge in [0.25, 0.3) is 5.91 Å². The summed E-state index contributed by atoms with van der Waals surface area (Å²) in [6.07, 6.45) is 0.951. The monoisotopic (exact) mass is 257 g/mol. The Bertz CT molecular complexity index is 602. The number of rotatable bonds is 1. The summed E-state index contributed by atoms with van der Waals surface area (Å²) in [6.45, 7) is 4.11. The molecule has 2 nitrogen and oxygen atoms in total. The summed E-state index contributed by atoms with van der Waals surface area (Å²) in [4.78, 5) is 15.4. The first kappa shape index (κ1) is 11.5. The third-order valence-electron chi connectivity index (χ3n) is 3.48. The molecule has 0 aliphatic carbocycles. The average molecular weight is 257 g/mol. The minimum Gasteiger partial charge on any atom is -0.304 e. The van der Waals surface area contributed by atoms with Crippen LogP contribution in [0.2, 0.25) is 0 Å². The molecule has 0 fully saturated rings. The zero-order valence-corrected chi connectivity index (χ0v) is 11.3. The molecule has 0 spiro atoms. The molecule has 0 radical (unpaired) electrons. The van der Waals surface area contributed by atoms with E-state index in [1.54, 1.807) is 0 Å². The fourth-order valence-corrected chi connectivity index (χ4v) is 3.44. The number of carbonyl (C=O) groups excluding carboxylic acids is 1. The number of para-hydroxylation sites is 1. The highest BCUT2D eigenvalue weighted by atomic mass is 32.1. The molecular weight excluding hydrogens is 242 g/mol. The van der Waals surface area contributed by atoms with Crippen LogP contribution in [0, 0.1) is 6.92 Å². The predicted octanol–water partition coefficient (Wildman–Crippen LogP) is 3.65. The average Bonchev–Trinajstić information content (AvgIpc) is 2.91. The molecule has 0 saturated heterocycles. The van der Waals surface area contributed by atoms with Crippen molar-refractivity contribution < 1.29 is 4.79 Å². The van der Waals surface area contributed by atoms with Crippen LogP contribution in [-0.2, 0) is 6.42 Å². The smallest absolute Gasteiger partial charge is 0.268 e. The fourth-order valence-electron chi connectivity index (χ4n) is 2.58. The molecule has 1 aromatic heterocycles. The maximum atomic E-state index is 12.6. The Kier molecular flexibility index (Phi) is 2.71. The van der Waals surface area contributed by atoms with Gasteiger partial charge in [-0.2, -0.15) is 0 Å². The van der Waals surface area contributed by atoms with Crippen molar-refractivity contribution in [3.8, 4) is 0 Å². The number of fused-ring (bicyclic) bond motifs is 1. The SMILES string of the molecule is Cc1ccsc1C(=O)N1c2ccccc2CC1C. The summed E-state index contributed by atoms with van der Waals surface area (Å²) in [5.74, 6) is 0.139. The number of thiophene rings is 1. The van der Waals surface area contributed by atoms with Crippen LogP contribution >= 0.6 is 11.3 Å². The van der Waals surface area contributed by atoms with E-state index in [0.717, 1.165) is 22.5 Å². The van der Waals surface area contributed by atoms with Crippen molar-refractivity contribution in [2.24, 2.45) is 0 Å². The van der Waals surface area contributed by atoms with Gasteiger partial charge in [-0.05, 0) is 48.9 Å². The topological polar surface area (TPSA) is 20.3 Å². The lowest BCUT2D eigenvalue weighted by atomic mass is 10.1. The van der Waals surface area contributed by atoms with Gasteiger partial charge in [0.05, 0.1) is 4.88 Å². The quantitative estimate of drug-likeness (QED) is 0.763. The number of carbonyl (C=O) groups is 1. The van der Waals surface area contributed by atoms with Crippen LogP contribution in [0.3, 0.4) is 0 Å². The summed E-state index contributed by atoms with van der Waals surface area (Å²) < 4.78 is 0. The van der Waals surface area contributed by atoms with Crippen LogP contribution in [0.4, 0.5) is 5.69 Å². The highest BCUT2D eigenvalue weighted by Gasteiger charge is 2.32. The van der Waals surface area contributed by atoms with Gasteiger partial charge < -0.3 is 4.90 Å². The highest BCUT2D eigenvalue weighted by Crippen LogP contribution is 2.34. The van der Waals surface area contributed by atoms with E-state index in [1.807, 2.05) is 41.5 Å². The maximum Gasteiger partial charge on any atom is 0.268 e. The summed E-state index contributed by atoms with van der Waals surface area (Å²) in [6, 6.07) is 10.4. The van der Waals surface area contributed by atoms with E-state index < -0.39 is 0 Å². The zero-order valence-electron chi connectivity index (χ0n) is 10.5. The van der Waals surface area contributed by atoms with Crippen molar-refractivity contribution in [1.82, 2.24) is 0 Å². The first-order valence-electron chi connectivity index (χ1n) is 6.14. The molecule has 92 valence electrons. The Morgan fingerprint density at radius 1 is 1.33 bits per heavy atom. The molecule has 2 aromatic rings. The van der Waals surface area contributed by atoms with Gasteiger partial charge in [0, 0.05) is 11.7 Å². The van der Waals surface area contributed by atoms with Gasteiger partial charge in [-0.25, -0.2) is 0 Å². The molecule has 0 N–H and O–H groups in total. The van der Waals surface area contributed by atoms with E-state index >= 15 is 0 Å². The van der Waals surface area contributed by atoms with Crippen LogP contribution < -0.4 is 4.90 Å². The van der Waals surface area contributed by atoms with E-state index in [2.05, 4.69) is 13.0 Å². The van der Waals surface area contributed by atoms with Crippen molar-refractivity contribution in [1.29, 1.82) is 0 Å². The minimum atomic E-state index is 0.139. The number of hydrogen-bond acceptors (Lipinski definition) is 2. The number of nitrogens with zero attached hydrogens (tertiary/aromatic N) is 1. The molecule has 0 saturated carbocycles. The number of aryl methyl sites for hydroxylation is 1. The van der Waals surface area contributed by atoms with Crippen LogP contribution in [0.25, 0.3) is 0 Å². The molecule has 2 heterocycles. The van der Waals surface area contributed by atoms with Crippen molar-refractivity contribution in [2.75, 3.05) is 4.90 Å². The van der Waals surface area contributed by atoms with Crippen LogP contribution in [0.5, 0.6) is 0 Å². The Labute approximate surface area is 111 Å². The number of amides is 1. The second-order valence-corrected chi connectivity index (χ2v) is 5.71. The van der Waals surface area contributed by atoms with Gasteiger partial charge in [-0.3, -0.25) is 4.79 Å². The van der Waals surface area contributed by atoms with Crippen LogP contribution in [0.1, 0.15) is 27.7 Å². The molecule has 18 heavy (non-hydrogen) atoms. The van der Waals surface area contributed by atoms with Gasteiger partial charge in [0.1, 0.15) is 0 Å². The Morgan fingerprint density at radius 3 is 2.83 bits per heavy atom. The molecule has 1 aromatic carbocycles. The molecule has 1 aliphatic heterocycles. The number of benzene rings is 1. The van der Waals surface area contributed by atoms with E-state index in [-0.39, 0.29) is 11.9 Å². The first-order chi connectivity index (χ1) is 8.68. The fraction of sp³-hybridized carbons (Fsp3) is 0.267.